The molecule has 0 aliphatic heterocycles. The highest BCUT2D eigenvalue weighted by Crippen LogP contribution is 2.33. The van der Waals surface area contributed by atoms with Gasteiger partial charge in [0.05, 0.1) is 11.1 Å². The van der Waals surface area contributed by atoms with Crippen LogP contribution in [0.4, 0.5) is 4.39 Å². The van der Waals surface area contributed by atoms with Crippen molar-refractivity contribution in [2.75, 3.05) is 6.26 Å². The molecule has 0 aliphatic carbocycles. The van der Waals surface area contributed by atoms with Crippen LogP contribution in [0, 0.1) is 5.82 Å². The SMILES string of the molecule is CSc1ccc(/C(=C(\Cl)c2ccc(F)cc2)C(C)O)cc1. The molecule has 1 atom stereocenters. The minimum atomic E-state index is -0.720. The van der Waals surface area contributed by atoms with E-state index >= 15 is 0 Å². The quantitative estimate of drug-likeness (QED) is 0.629. The van der Waals surface area contributed by atoms with Gasteiger partial charge in [-0.15, -0.1) is 11.8 Å². The Morgan fingerprint density at radius 1 is 1.05 bits per heavy atom. The van der Waals surface area contributed by atoms with Crippen molar-refractivity contribution in [3.8, 4) is 0 Å². The highest BCUT2D eigenvalue weighted by Gasteiger charge is 2.15. The molecule has 0 heterocycles. The van der Waals surface area contributed by atoms with Gasteiger partial charge in [-0.25, -0.2) is 4.39 Å². The van der Waals surface area contributed by atoms with E-state index < -0.39 is 6.10 Å². The molecule has 0 saturated carbocycles. The predicted octanol–water partition coefficient (Wildman–Crippen LogP) is 5.04. The normalized spacial score (nSPS) is 13.8. The fourth-order valence-electron chi connectivity index (χ4n) is 2.07. The summed E-state index contributed by atoms with van der Waals surface area (Å²) in [6.07, 6.45) is 1.29. The monoisotopic (exact) mass is 322 g/mol. The smallest absolute Gasteiger partial charge is 0.123 e. The van der Waals surface area contributed by atoms with E-state index in [0.717, 1.165) is 10.5 Å². The highest BCUT2D eigenvalue weighted by molar-refractivity contribution is 7.98. The fourth-order valence-corrected chi connectivity index (χ4v) is 2.87. The first-order valence-electron chi connectivity index (χ1n) is 6.51. The number of hydrogen-bond acceptors (Lipinski definition) is 2. The van der Waals surface area contributed by atoms with Crippen LogP contribution in [0.5, 0.6) is 0 Å². The first kappa shape index (κ1) is 16.1. The van der Waals surface area contributed by atoms with Crippen LogP contribution >= 0.6 is 23.4 Å². The number of benzene rings is 2. The fraction of sp³-hybridized carbons (Fsp3) is 0.176. The zero-order valence-corrected chi connectivity index (χ0v) is 13.4. The number of hydrogen-bond donors (Lipinski definition) is 1. The van der Waals surface area contributed by atoms with Crippen molar-refractivity contribution >= 4 is 34.0 Å². The molecular weight excluding hydrogens is 307 g/mol. The lowest BCUT2D eigenvalue weighted by Crippen LogP contribution is -2.05. The van der Waals surface area contributed by atoms with E-state index in [9.17, 15) is 9.50 Å². The minimum absolute atomic E-state index is 0.314. The maximum atomic E-state index is 13.0. The molecule has 2 aromatic carbocycles. The molecule has 0 radical (unpaired) electrons. The number of aliphatic hydroxyl groups excluding tert-OH is 1. The van der Waals surface area contributed by atoms with Crippen LogP contribution in [-0.2, 0) is 0 Å². The second-order valence-corrected chi connectivity index (χ2v) is 5.90. The summed E-state index contributed by atoms with van der Waals surface area (Å²) in [5.41, 5.74) is 2.18. The number of halogens is 2. The zero-order chi connectivity index (χ0) is 15.4. The zero-order valence-electron chi connectivity index (χ0n) is 11.8. The van der Waals surface area contributed by atoms with Crippen LogP contribution in [0.3, 0.4) is 0 Å². The van der Waals surface area contributed by atoms with E-state index in [4.69, 9.17) is 11.6 Å². The molecule has 0 amide bonds. The second kappa shape index (κ2) is 7.12. The summed E-state index contributed by atoms with van der Waals surface area (Å²) in [6, 6.07) is 13.8. The molecular formula is C17H16ClFOS. The van der Waals surface area contributed by atoms with Crippen LogP contribution in [0.1, 0.15) is 18.1 Å². The average molecular weight is 323 g/mol. The van der Waals surface area contributed by atoms with Crippen molar-refractivity contribution in [2.24, 2.45) is 0 Å². The third-order valence-corrected chi connectivity index (χ3v) is 4.32. The molecule has 4 heteroatoms. The maximum absolute atomic E-state index is 13.0. The predicted molar refractivity (Wildman–Crippen MR) is 89.0 cm³/mol. The van der Waals surface area contributed by atoms with Crippen LogP contribution in [0.2, 0.25) is 0 Å². The van der Waals surface area contributed by atoms with Gasteiger partial charge in [-0.3, -0.25) is 0 Å². The largest absolute Gasteiger partial charge is 0.389 e. The summed E-state index contributed by atoms with van der Waals surface area (Å²) >= 11 is 8.07. The van der Waals surface area contributed by atoms with Crippen molar-refractivity contribution in [2.45, 2.75) is 17.9 Å². The van der Waals surface area contributed by atoms with Gasteiger partial charge in [-0.2, -0.15) is 0 Å². The lowest BCUT2D eigenvalue weighted by atomic mass is 9.98. The van der Waals surface area contributed by atoms with Gasteiger partial charge in [0.15, 0.2) is 0 Å². The topological polar surface area (TPSA) is 20.2 Å². The van der Waals surface area contributed by atoms with E-state index in [1.54, 1.807) is 30.8 Å². The first-order chi connectivity index (χ1) is 10.0. The molecule has 0 fully saturated rings. The molecule has 0 spiro atoms. The van der Waals surface area contributed by atoms with E-state index in [2.05, 4.69) is 0 Å². The second-order valence-electron chi connectivity index (χ2n) is 4.64. The molecule has 0 saturated heterocycles. The van der Waals surface area contributed by atoms with Gasteiger partial charge in [-0.1, -0.05) is 35.9 Å². The van der Waals surface area contributed by atoms with Gasteiger partial charge < -0.3 is 5.11 Å². The van der Waals surface area contributed by atoms with Crippen molar-refractivity contribution < 1.29 is 9.50 Å². The van der Waals surface area contributed by atoms with Gasteiger partial charge in [0.25, 0.3) is 0 Å². The van der Waals surface area contributed by atoms with Gasteiger partial charge in [0.1, 0.15) is 5.82 Å². The molecule has 0 aliphatic rings. The molecule has 1 N–H and O–H groups in total. The van der Waals surface area contributed by atoms with Crippen LogP contribution in [-0.4, -0.2) is 17.5 Å². The molecule has 0 bridgehead atoms. The van der Waals surface area contributed by atoms with Crippen molar-refractivity contribution in [3.05, 3.63) is 65.5 Å². The van der Waals surface area contributed by atoms with E-state index in [-0.39, 0.29) is 5.82 Å². The Kier molecular flexibility index (Phi) is 5.45. The lowest BCUT2D eigenvalue weighted by molar-refractivity contribution is 0.254. The molecule has 2 rings (SSSR count). The standard InChI is InChI=1S/C17H16ClFOS/c1-11(20)16(12-5-9-15(21-2)10-6-12)17(18)13-3-7-14(19)8-4-13/h3-11,20H,1-2H3/b17-16-. The Bertz CT molecular complexity index is 633. The van der Waals surface area contributed by atoms with Crippen LogP contribution in [0.25, 0.3) is 10.6 Å². The maximum Gasteiger partial charge on any atom is 0.123 e. The third kappa shape index (κ3) is 3.88. The molecule has 2 aromatic rings. The van der Waals surface area contributed by atoms with E-state index in [1.807, 2.05) is 30.5 Å². The first-order valence-corrected chi connectivity index (χ1v) is 8.11. The van der Waals surface area contributed by atoms with Crippen molar-refractivity contribution in [1.29, 1.82) is 0 Å². The Morgan fingerprint density at radius 3 is 2.05 bits per heavy atom. The van der Waals surface area contributed by atoms with Gasteiger partial charge >= 0.3 is 0 Å². The van der Waals surface area contributed by atoms with Gasteiger partial charge in [0, 0.05) is 10.5 Å². The molecule has 110 valence electrons. The van der Waals surface area contributed by atoms with Gasteiger partial charge in [0.2, 0.25) is 0 Å². The van der Waals surface area contributed by atoms with Crippen LogP contribution < -0.4 is 0 Å². The summed E-state index contributed by atoms with van der Waals surface area (Å²) in [4.78, 5) is 1.14. The summed E-state index contributed by atoms with van der Waals surface area (Å²) in [5.74, 6) is -0.314. The van der Waals surface area contributed by atoms with Crippen molar-refractivity contribution in [3.63, 3.8) is 0 Å². The average Bonchev–Trinajstić information content (AvgIpc) is 2.48. The summed E-state index contributed by atoms with van der Waals surface area (Å²) in [6.45, 7) is 1.67. The Morgan fingerprint density at radius 2 is 1.57 bits per heavy atom. The molecule has 21 heavy (non-hydrogen) atoms. The Balaban J connectivity index is 2.49. The number of aliphatic hydroxyl groups is 1. The minimum Gasteiger partial charge on any atom is -0.389 e. The van der Waals surface area contributed by atoms with Crippen molar-refractivity contribution in [1.82, 2.24) is 0 Å². The molecule has 1 unspecified atom stereocenters. The number of rotatable bonds is 4. The van der Waals surface area contributed by atoms with Crippen LogP contribution in [0.15, 0.2) is 53.4 Å². The van der Waals surface area contributed by atoms with Gasteiger partial charge in [-0.05, 0) is 48.6 Å². The highest BCUT2D eigenvalue weighted by atomic mass is 35.5. The molecule has 1 nitrogen and oxygen atoms in total. The third-order valence-electron chi connectivity index (χ3n) is 3.15. The number of thioether (sulfide) groups is 1. The summed E-state index contributed by atoms with van der Waals surface area (Å²) in [5, 5.41) is 10.5. The summed E-state index contributed by atoms with van der Waals surface area (Å²) < 4.78 is 13.0. The molecule has 0 aromatic heterocycles. The van der Waals surface area contributed by atoms with E-state index in [0.29, 0.717) is 16.2 Å². The van der Waals surface area contributed by atoms with E-state index in [1.165, 1.54) is 12.1 Å². The Hall–Kier alpha value is -1.29. The Labute approximate surface area is 133 Å². The lowest BCUT2D eigenvalue weighted by Gasteiger charge is -2.15. The summed E-state index contributed by atoms with van der Waals surface area (Å²) in [7, 11) is 0.